The zero-order valence-electron chi connectivity index (χ0n) is 10.6. The highest BCUT2D eigenvalue weighted by molar-refractivity contribution is 5.17. The number of rotatable bonds is 8. The fourth-order valence-electron chi connectivity index (χ4n) is 0.895. The highest BCUT2D eigenvalue weighted by atomic mass is 16.5. The lowest BCUT2D eigenvalue weighted by atomic mass is 10.3. The first-order valence-corrected chi connectivity index (χ1v) is 5.88. The lowest BCUT2D eigenvalue weighted by Gasteiger charge is -2.00. The van der Waals surface area contributed by atoms with Gasteiger partial charge in [-0.2, -0.15) is 0 Å². The second kappa shape index (κ2) is 12.5. The predicted octanol–water partition coefficient (Wildman–Crippen LogP) is 3.53. The first kappa shape index (κ1) is 15.5. The van der Waals surface area contributed by atoms with Crippen molar-refractivity contribution in [3.8, 4) is 0 Å². The van der Waals surface area contributed by atoms with Crippen molar-refractivity contribution in [2.75, 3.05) is 6.61 Å². The van der Waals surface area contributed by atoms with Gasteiger partial charge in [-0.25, -0.2) is 0 Å². The van der Waals surface area contributed by atoms with Crippen LogP contribution in [0.5, 0.6) is 0 Å². The number of hydrogen-bond acceptors (Lipinski definition) is 2. The monoisotopic (exact) mass is 234 g/mol. The second-order valence-corrected chi connectivity index (χ2v) is 3.50. The Morgan fingerprint density at radius 1 is 0.941 bits per heavy atom. The molecule has 0 bridgehead atoms. The molecule has 0 aliphatic carbocycles. The summed E-state index contributed by atoms with van der Waals surface area (Å²) in [5.41, 5.74) is 0. The molecule has 0 saturated carbocycles. The highest BCUT2D eigenvalue weighted by Gasteiger charge is 1.89. The van der Waals surface area contributed by atoms with E-state index in [1.807, 2.05) is 42.5 Å². The summed E-state index contributed by atoms with van der Waals surface area (Å²) in [6.45, 7) is 4.12. The topological polar surface area (TPSA) is 29.5 Å². The minimum absolute atomic E-state index is 0.326. The molecule has 0 heterocycles. The highest BCUT2D eigenvalue weighted by Crippen LogP contribution is 1.87. The summed E-state index contributed by atoms with van der Waals surface area (Å²) < 4.78 is 5.04. The first-order valence-electron chi connectivity index (χ1n) is 5.88. The summed E-state index contributed by atoms with van der Waals surface area (Å²) in [7, 11) is 0. The molecule has 2 nitrogen and oxygen atoms in total. The van der Waals surface area contributed by atoms with E-state index < -0.39 is 6.10 Å². The molecular formula is C15H22O2. The first-order chi connectivity index (χ1) is 8.27. The smallest absolute Gasteiger partial charge is 0.113 e. The van der Waals surface area contributed by atoms with Gasteiger partial charge in [0.1, 0.15) is 6.61 Å². The number of aliphatic hydroxyl groups excluding tert-OH is 1. The van der Waals surface area contributed by atoms with Crippen molar-refractivity contribution >= 4 is 0 Å². The van der Waals surface area contributed by atoms with E-state index in [9.17, 15) is 0 Å². The number of ether oxygens (including phenoxy) is 1. The maximum atomic E-state index is 8.91. The van der Waals surface area contributed by atoms with Crippen molar-refractivity contribution in [1.29, 1.82) is 0 Å². The van der Waals surface area contributed by atoms with Gasteiger partial charge in [0.15, 0.2) is 0 Å². The molecule has 0 saturated heterocycles. The third kappa shape index (κ3) is 14.5. The molecule has 1 atom stereocenters. The van der Waals surface area contributed by atoms with Crippen LogP contribution in [-0.4, -0.2) is 17.8 Å². The van der Waals surface area contributed by atoms with Crippen molar-refractivity contribution in [3.63, 3.8) is 0 Å². The zero-order chi connectivity index (χ0) is 12.8. The van der Waals surface area contributed by atoms with Gasteiger partial charge in [0.25, 0.3) is 0 Å². The lowest BCUT2D eigenvalue weighted by Crippen LogP contribution is -2.06. The molecule has 94 valence electrons. The third-order valence-corrected chi connectivity index (χ3v) is 1.66. The molecule has 0 radical (unpaired) electrons. The Labute approximate surface area is 104 Å². The fraction of sp³-hybridized carbons (Fsp3) is 0.333. The minimum atomic E-state index is -0.426. The van der Waals surface area contributed by atoms with Crippen LogP contribution in [0.2, 0.25) is 0 Å². The van der Waals surface area contributed by atoms with Crippen LogP contribution in [0.3, 0.4) is 0 Å². The molecule has 0 aromatic rings. The van der Waals surface area contributed by atoms with E-state index in [2.05, 4.69) is 13.0 Å². The van der Waals surface area contributed by atoms with Crippen molar-refractivity contribution in [3.05, 3.63) is 60.9 Å². The molecular weight excluding hydrogens is 212 g/mol. The Hall–Kier alpha value is -1.54. The molecule has 17 heavy (non-hydrogen) atoms. The quantitative estimate of drug-likeness (QED) is 0.514. The van der Waals surface area contributed by atoms with Crippen molar-refractivity contribution in [2.45, 2.75) is 26.4 Å². The number of aliphatic hydroxyl groups is 1. The predicted molar refractivity (Wildman–Crippen MR) is 73.6 cm³/mol. The van der Waals surface area contributed by atoms with Crippen LogP contribution < -0.4 is 0 Å². The molecule has 0 aromatic carbocycles. The SMILES string of the molecule is CC\C=C/C=C\C=C/C=C\C=C/OCC(C)O. The van der Waals surface area contributed by atoms with Gasteiger partial charge in [-0.3, -0.25) is 0 Å². The third-order valence-electron chi connectivity index (χ3n) is 1.66. The summed E-state index contributed by atoms with van der Waals surface area (Å²) in [6, 6.07) is 0. The Kier molecular flexibility index (Phi) is 11.4. The molecule has 1 unspecified atom stereocenters. The van der Waals surface area contributed by atoms with Gasteiger partial charge in [0, 0.05) is 0 Å². The summed E-state index contributed by atoms with van der Waals surface area (Å²) in [4.78, 5) is 0. The Morgan fingerprint density at radius 2 is 1.47 bits per heavy atom. The molecule has 0 amide bonds. The number of allylic oxidation sites excluding steroid dienone is 9. The normalized spacial score (nSPS) is 15.0. The molecule has 0 spiro atoms. The van der Waals surface area contributed by atoms with Crippen LogP contribution in [0.4, 0.5) is 0 Å². The molecule has 0 aliphatic heterocycles. The van der Waals surface area contributed by atoms with Crippen LogP contribution in [0.15, 0.2) is 60.9 Å². The van der Waals surface area contributed by atoms with Crippen molar-refractivity contribution in [2.24, 2.45) is 0 Å². The van der Waals surface area contributed by atoms with Crippen molar-refractivity contribution < 1.29 is 9.84 Å². The van der Waals surface area contributed by atoms with Crippen LogP contribution in [0.1, 0.15) is 20.3 Å². The van der Waals surface area contributed by atoms with Gasteiger partial charge in [0.05, 0.1) is 12.4 Å². The summed E-state index contributed by atoms with van der Waals surface area (Å²) in [5, 5.41) is 8.91. The molecule has 0 rings (SSSR count). The van der Waals surface area contributed by atoms with Gasteiger partial charge >= 0.3 is 0 Å². The molecule has 2 heteroatoms. The van der Waals surface area contributed by atoms with E-state index >= 15 is 0 Å². The Balaban J connectivity index is 3.62. The van der Waals surface area contributed by atoms with Gasteiger partial charge < -0.3 is 9.84 Å². The summed E-state index contributed by atoms with van der Waals surface area (Å²) in [6.07, 6.45) is 19.8. The summed E-state index contributed by atoms with van der Waals surface area (Å²) in [5.74, 6) is 0. The lowest BCUT2D eigenvalue weighted by molar-refractivity contribution is 0.0976. The van der Waals surface area contributed by atoms with E-state index in [-0.39, 0.29) is 0 Å². The molecule has 1 N–H and O–H groups in total. The van der Waals surface area contributed by atoms with E-state index in [4.69, 9.17) is 9.84 Å². The van der Waals surface area contributed by atoms with Crippen LogP contribution in [-0.2, 0) is 4.74 Å². The van der Waals surface area contributed by atoms with Gasteiger partial charge in [-0.15, -0.1) is 0 Å². The summed E-state index contributed by atoms with van der Waals surface area (Å²) >= 11 is 0. The standard InChI is InChI=1S/C15H22O2/c1-3-4-5-6-7-8-9-10-11-12-13-17-14-15(2)16/h4-13,15-16H,3,14H2,1-2H3/b5-4-,7-6-,9-8-,11-10-,13-12-. The van der Waals surface area contributed by atoms with Gasteiger partial charge in [-0.05, 0) is 19.4 Å². The molecule has 0 aromatic heterocycles. The molecule has 0 aliphatic rings. The van der Waals surface area contributed by atoms with E-state index in [1.165, 1.54) is 0 Å². The second-order valence-electron chi connectivity index (χ2n) is 3.50. The van der Waals surface area contributed by atoms with E-state index in [0.717, 1.165) is 6.42 Å². The fourth-order valence-corrected chi connectivity index (χ4v) is 0.895. The zero-order valence-corrected chi connectivity index (χ0v) is 10.6. The van der Waals surface area contributed by atoms with Crippen LogP contribution in [0.25, 0.3) is 0 Å². The largest absolute Gasteiger partial charge is 0.499 e. The average molecular weight is 234 g/mol. The van der Waals surface area contributed by atoms with Crippen LogP contribution >= 0.6 is 0 Å². The number of hydrogen-bond donors (Lipinski definition) is 1. The maximum Gasteiger partial charge on any atom is 0.113 e. The van der Waals surface area contributed by atoms with Crippen molar-refractivity contribution in [1.82, 2.24) is 0 Å². The minimum Gasteiger partial charge on any atom is -0.499 e. The molecule has 0 fully saturated rings. The van der Waals surface area contributed by atoms with E-state index in [0.29, 0.717) is 6.61 Å². The Morgan fingerprint density at radius 3 is 2.00 bits per heavy atom. The van der Waals surface area contributed by atoms with Gasteiger partial charge in [-0.1, -0.05) is 55.5 Å². The average Bonchev–Trinajstić information content (AvgIpc) is 2.30. The van der Waals surface area contributed by atoms with Gasteiger partial charge in [0.2, 0.25) is 0 Å². The Bertz CT molecular complexity index is 294. The van der Waals surface area contributed by atoms with E-state index in [1.54, 1.807) is 19.3 Å². The maximum absolute atomic E-state index is 8.91. The van der Waals surface area contributed by atoms with Crippen LogP contribution in [0, 0.1) is 0 Å².